The zero-order chi connectivity index (χ0) is 12.3. The number of hydrogen-bond donors (Lipinski definition) is 1. The lowest BCUT2D eigenvalue weighted by atomic mass is 10.1. The van der Waals surface area contributed by atoms with E-state index in [0.29, 0.717) is 0 Å². The summed E-state index contributed by atoms with van der Waals surface area (Å²) in [4.78, 5) is 0. The third-order valence-electron chi connectivity index (χ3n) is 2.48. The summed E-state index contributed by atoms with van der Waals surface area (Å²) in [6.45, 7) is 3.01. The first kappa shape index (κ1) is 12.7. The van der Waals surface area contributed by atoms with Crippen LogP contribution in [0.2, 0.25) is 0 Å². The Morgan fingerprint density at radius 2 is 2.18 bits per heavy atom. The number of aryl methyl sites for hydroxylation is 1. The first-order chi connectivity index (χ1) is 8.22. The van der Waals surface area contributed by atoms with Gasteiger partial charge in [0, 0.05) is 23.0 Å². The summed E-state index contributed by atoms with van der Waals surface area (Å²) in [5.74, 6) is 0. The molecular formula is C12H14BrN3S. The standard InChI is InChI=1S/C12H14BrN3S/c1-8-4-3-5-9(11(8)13)12-16-15-10(17-12)6-7-14-2/h3-5,14H,6-7H2,1-2H3. The molecule has 0 radical (unpaired) electrons. The molecule has 1 N–H and O–H groups in total. The van der Waals surface area contributed by atoms with Gasteiger partial charge in [0.15, 0.2) is 0 Å². The summed E-state index contributed by atoms with van der Waals surface area (Å²) >= 11 is 5.26. The van der Waals surface area contributed by atoms with E-state index >= 15 is 0 Å². The molecule has 1 aromatic carbocycles. The molecule has 0 saturated carbocycles. The van der Waals surface area contributed by atoms with Crippen molar-refractivity contribution >= 4 is 27.3 Å². The Hall–Kier alpha value is -0.780. The quantitative estimate of drug-likeness (QED) is 0.943. The molecule has 0 unspecified atom stereocenters. The van der Waals surface area contributed by atoms with Crippen molar-refractivity contribution < 1.29 is 0 Å². The maximum atomic E-state index is 4.25. The number of halogens is 1. The van der Waals surface area contributed by atoms with Crippen LogP contribution in [0.25, 0.3) is 10.6 Å². The van der Waals surface area contributed by atoms with E-state index in [0.717, 1.165) is 33.0 Å². The van der Waals surface area contributed by atoms with Crippen LogP contribution >= 0.6 is 27.3 Å². The van der Waals surface area contributed by atoms with E-state index in [1.165, 1.54) is 5.56 Å². The van der Waals surface area contributed by atoms with Crippen LogP contribution in [-0.4, -0.2) is 23.8 Å². The van der Waals surface area contributed by atoms with Gasteiger partial charge in [0.1, 0.15) is 10.0 Å². The highest BCUT2D eigenvalue weighted by Crippen LogP contribution is 2.32. The van der Waals surface area contributed by atoms with E-state index in [-0.39, 0.29) is 0 Å². The van der Waals surface area contributed by atoms with Crippen LogP contribution in [0.15, 0.2) is 22.7 Å². The van der Waals surface area contributed by atoms with Crippen LogP contribution < -0.4 is 5.32 Å². The molecule has 1 aromatic heterocycles. The molecule has 0 aliphatic rings. The molecule has 3 nitrogen and oxygen atoms in total. The molecule has 0 bridgehead atoms. The Morgan fingerprint density at radius 1 is 1.35 bits per heavy atom. The predicted molar refractivity (Wildman–Crippen MR) is 75.4 cm³/mol. The molecule has 0 aliphatic heterocycles. The molecule has 2 rings (SSSR count). The fourth-order valence-corrected chi connectivity index (χ4v) is 2.96. The lowest BCUT2D eigenvalue weighted by Crippen LogP contribution is -2.09. The average Bonchev–Trinajstić information content (AvgIpc) is 2.78. The van der Waals surface area contributed by atoms with E-state index in [9.17, 15) is 0 Å². The first-order valence-electron chi connectivity index (χ1n) is 5.45. The van der Waals surface area contributed by atoms with E-state index in [4.69, 9.17) is 0 Å². The van der Waals surface area contributed by atoms with Gasteiger partial charge >= 0.3 is 0 Å². The largest absolute Gasteiger partial charge is 0.319 e. The van der Waals surface area contributed by atoms with Crippen molar-refractivity contribution in [3.8, 4) is 10.6 Å². The van der Waals surface area contributed by atoms with Gasteiger partial charge in [0.25, 0.3) is 0 Å². The highest BCUT2D eigenvalue weighted by Gasteiger charge is 2.10. The summed E-state index contributed by atoms with van der Waals surface area (Å²) in [5, 5.41) is 13.6. The van der Waals surface area contributed by atoms with Gasteiger partial charge in [-0.2, -0.15) is 0 Å². The number of likely N-dealkylation sites (N-methyl/N-ethyl adjacent to an activating group) is 1. The highest BCUT2D eigenvalue weighted by molar-refractivity contribution is 9.10. The van der Waals surface area contributed by atoms with Gasteiger partial charge in [0.05, 0.1) is 0 Å². The zero-order valence-electron chi connectivity index (χ0n) is 9.83. The lowest BCUT2D eigenvalue weighted by Gasteiger charge is -2.02. The third-order valence-corrected chi connectivity index (χ3v) is 4.55. The maximum absolute atomic E-state index is 4.25. The average molecular weight is 312 g/mol. The van der Waals surface area contributed by atoms with Crippen molar-refractivity contribution in [2.45, 2.75) is 13.3 Å². The van der Waals surface area contributed by atoms with Crippen LogP contribution in [0.3, 0.4) is 0 Å². The van der Waals surface area contributed by atoms with Crippen molar-refractivity contribution in [2.24, 2.45) is 0 Å². The summed E-state index contributed by atoms with van der Waals surface area (Å²) in [5.41, 5.74) is 2.34. The fourth-order valence-electron chi connectivity index (χ4n) is 1.51. The Kier molecular flexibility index (Phi) is 4.25. The van der Waals surface area contributed by atoms with Crippen molar-refractivity contribution in [3.63, 3.8) is 0 Å². The second-order valence-electron chi connectivity index (χ2n) is 3.79. The molecule has 0 saturated heterocycles. The molecule has 0 atom stereocenters. The van der Waals surface area contributed by atoms with E-state index in [1.807, 2.05) is 13.1 Å². The molecule has 0 amide bonds. The first-order valence-corrected chi connectivity index (χ1v) is 7.06. The molecule has 0 fully saturated rings. The van der Waals surface area contributed by atoms with Crippen molar-refractivity contribution in [1.29, 1.82) is 0 Å². The summed E-state index contributed by atoms with van der Waals surface area (Å²) in [6.07, 6.45) is 0.928. The van der Waals surface area contributed by atoms with Gasteiger partial charge < -0.3 is 5.32 Å². The highest BCUT2D eigenvalue weighted by atomic mass is 79.9. The smallest absolute Gasteiger partial charge is 0.148 e. The topological polar surface area (TPSA) is 37.8 Å². The predicted octanol–water partition coefficient (Wildman–Crippen LogP) is 3.04. The molecule has 0 aliphatic carbocycles. The zero-order valence-corrected chi connectivity index (χ0v) is 12.2. The van der Waals surface area contributed by atoms with E-state index in [2.05, 4.69) is 50.5 Å². The Bertz CT molecular complexity index is 510. The van der Waals surface area contributed by atoms with E-state index < -0.39 is 0 Å². The number of hydrogen-bond acceptors (Lipinski definition) is 4. The second-order valence-corrected chi connectivity index (χ2v) is 5.65. The molecule has 90 valence electrons. The summed E-state index contributed by atoms with van der Waals surface area (Å²) in [6, 6.07) is 6.19. The third kappa shape index (κ3) is 2.91. The molecule has 0 spiro atoms. The number of aromatic nitrogens is 2. The minimum Gasteiger partial charge on any atom is -0.319 e. The van der Waals surface area contributed by atoms with Gasteiger partial charge in [-0.25, -0.2) is 0 Å². The second kappa shape index (κ2) is 5.71. The van der Waals surface area contributed by atoms with Crippen LogP contribution in [0.5, 0.6) is 0 Å². The lowest BCUT2D eigenvalue weighted by molar-refractivity contribution is 0.779. The number of rotatable bonds is 4. The fraction of sp³-hybridized carbons (Fsp3) is 0.333. The molecule has 1 heterocycles. The van der Waals surface area contributed by atoms with Crippen LogP contribution in [0.4, 0.5) is 0 Å². The van der Waals surface area contributed by atoms with Gasteiger partial charge in [-0.1, -0.05) is 29.5 Å². The number of nitrogens with one attached hydrogen (secondary N) is 1. The Labute approximate surface area is 113 Å². The van der Waals surface area contributed by atoms with Gasteiger partial charge in [-0.05, 0) is 35.5 Å². The number of nitrogens with zero attached hydrogens (tertiary/aromatic N) is 2. The van der Waals surface area contributed by atoms with Gasteiger partial charge in [0.2, 0.25) is 0 Å². The molecular weight excluding hydrogens is 298 g/mol. The Morgan fingerprint density at radius 3 is 2.94 bits per heavy atom. The van der Waals surface area contributed by atoms with Crippen LogP contribution in [0, 0.1) is 6.92 Å². The van der Waals surface area contributed by atoms with Gasteiger partial charge in [-0.15, -0.1) is 10.2 Å². The van der Waals surface area contributed by atoms with Crippen LogP contribution in [-0.2, 0) is 6.42 Å². The molecule has 17 heavy (non-hydrogen) atoms. The van der Waals surface area contributed by atoms with Crippen LogP contribution in [0.1, 0.15) is 10.6 Å². The summed E-state index contributed by atoms with van der Waals surface area (Å²) < 4.78 is 1.11. The minimum absolute atomic E-state index is 0.928. The monoisotopic (exact) mass is 311 g/mol. The molecule has 5 heteroatoms. The van der Waals surface area contributed by atoms with E-state index in [1.54, 1.807) is 11.3 Å². The minimum atomic E-state index is 0.928. The number of benzene rings is 1. The van der Waals surface area contributed by atoms with Gasteiger partial charge in [-0.3, -0.25) is 0 Å². The SMILES string of the molecule is CNCCc1nnc(-c2cccc(C)c2Br)s1. The maximum Gasteiger partial charge on any atom is 0.148 e. The Balaban J connectivity index is 2.27. The van der Waals surface area contributed by atoms with Crippen molar-refractivity contribution in [1.82, 2.24) is 15.5 Å². The van der Waals surface area contributed by atoms with Crippen molar-refractivity contribution in [3.05, 3.63) is 33.2 Å². The normalized spacial score (nSPS) is 10.8. The van der Waals surface area contributed by atoms with Crippen molar-refractivity contribution in [2.75, 3.05) is 13.6 Å². The molecule has 2 aromatic rings. The summed E-state index contributed by atoms with van der Waals surface area (Å²) in [7, 11) is 1.94.